The molecule has 0 saturated carbocycles. The van der Waals surface area contributed by atoms with Gasteiger partial charge in [-0.15, -0.1) is 0 Å². The van der Waals surface area contributed by atoms with Gasteiger partial charge in [0.1, 0.15) is 5.69 Å². The smallest absolute Gasteiger partial charge is 0.433 e. The number of nitrogens with zero attached hydrogens (tertiary/aromatic N) is 2. The third-order valence-corrected chi connectivity index (χ3v) is 4.87. The molecule has 0 radical (unpaired) electrons. The van der Waals surface area contributed by atoms with Crippen LogP contribution in [0.5, 0.6) is 11.5 Å². The SMILES string of the molecule is CC[C@@H](C)NC(=O)CSc1nc(-c2ccc(OC)c(OC)c2)cc(C(F)(F)F)n1. The Morgan fingerprint density at radius 1 is 1.17 bits per heavy atom. The minimum Gasteiger partial charge on any atom is -0.493 e. The molecule has 1 aromatic heterocycles. The van der Waals surface area contributed by atoms with Crippen LogP contribution in [-0.4, -0.2) is 41.9 Å². The van der Waals surface area contributed by atoms with E-state index in [0.29, 0.717) is 17.1 Å². The molecule has 2 rings (SSSR count). The fourth-order valence-electron chi connectivity index (χ4n) is 2.33. The minimum absolute atomic E-state index is 0.0205. The first kappa shape index (κ1) is 22.8. The quantitative estimate of drug-likeness (QED) is 0.501. The molecule has 2 aromatic rings. The second kappa shape index (κ2) is 9.82. The molecule has 0 aliphatic heterocycles. The number of thioether (sulfide) groups is 1. The van der Waals surface area contributed by atoms with Gasteiger partial charge in [-0.25, -0.2) is 9.97 Å². The fourth-order valence-corrected chi connectivity index (χ4v) is 3.00. The first-order chi connectivity index (χ1) is 13.7. The van der Waals surface area contributed by atoms with Crippen LogP contribution in [0.4, 0.5) is 13.2 Å². The van der Waals surface area contributed by atoms with E-state index in [9.17, 15) is 18.0 Å². The number of hydrogen-bond donors (Lipinski definition) is 1. The molecule has 10 heteroatoms. The van der Waals surface area contributed by atoms with Crippen LogP contribution in [-0.2, 0) is 11.0 Å². The summed E-state index contributed by atoms with van der Waals surface area (Å²) < 4.78 is 50.3. The van der Waals surface area contributed by atoms with E-state index in [4.69, 9.17) is 9.47 Å². The van der Waals surface area contributed by atoms with Crippen molar-refractivity contribution in [3.8, 4) is 22.8 Å². The van der Waals surface area contributed by atoms with Crippen molar-refractivity contribution in [2.45, 2.75) is 37.6 Å². The highest BCUT2D eigenvalue weighted by Gasteiger charge is 2.34. The number of hydrogen-bond acceptors (Lipinski definition) is 6. The molecule has 0 fully saturated rings. The van der Waals surface area contributed by atoms with Gasteiger partial charge >= 0.3 is 6.18 Å². The lowest BCUT2D eigenvalue weighted by molar-refractivity contribution is -0.141. The van der Waals surface area contributed by atoms with Crippen molar-refractivity contribution in [2.75, 3.05) is 20.0 Å². The number of nitrogens with one attached hydrogen (secondary N) is 1. The number of alkyl halides is 3. The van der Waals surface area contributed by atoms with Crippen LogP contribution >= 0.6 is 11.8 Å². The van der Waals surface area contributed by atoms with Gasteiger partial charge < -0.3 is 14.8 Å². The normalized spacial score (nSPS) is 12.4. The van der Waals surface area contributed by atoms with Gasteiger partial charge in [-0.2, -0.15) is 13.2 Å². The van der Waals surface area contributed by atoms with Crippen molar-refractivity contribution in [1.82, 2.24) is 15.3 Å². The van der Waals surface area contributed by atoms with E-state index in [0.717, 1.165) is 24.2 Å². The van der Waals surface area contributed by atoms with Crippen LogP contribution in [0, 0.1) is 0 Å². The van der Waals surface area contributed by atoms with Crippen molar-refractivity contribution >= 4 is 17.7 Å². The Kier molecular flexibility index (Phi) is 7.72. The van der Waals surface area contributed by atoms with E-state index in [1.165, 1.54) is 20.3 Å². The summed E-state index contributed by atoms with van der Waals surface area (Å²) in [6.45, 7) is 3.77. The van der Waals surface area contributed by atoms with Crippen LogP contribution in [0.3, 0.4) is 0 Å². The number of aromatic nitrogens is 2. The highest BCUT2D eigenvalue weighted by atomic mass is 32.2. The van der Waals surface area contributed by atoms with Crippen molar-refractivity contribution < 1.29 is 27.4 Å². The maximum Gasteiger partial charge on any atom is 0.433 e. The van der Waals surface area contributed by atoms with Crippen LogP contribution in [0.15, 0.2) is 29.4 Å². The van der Waals surface area contributed by atoms with E-state index >= 15 is 0 Å². The third-order valence-electron chi connectivity index (χ3n) is 4.03. The van der Waals surface area contributed by atoms with E-state index in [-0.39, 0.29) is 28.6 Å². The van der Waals surface area contributed by atoms with Gasteiger partial charge in [0, 0.05) is 11.6 Å². The van der Waals surface area contributed by atoms with Crippen LogP contribution in [0.1, 0.15) is 26.0 Å². The second-order valence-corrected chi connectivity index (χ2v) is 7.10. The predicted molar refractivity (Wildman–Crippen MR) is 104 cm³/mol. The van der Waals surface area contributed by atoms with Gasteiger partial charge in [0.05, 0.1) is 25.7 Å². The van der Waals surface area contributed by atoms with E-state index in [1.54, 1.807) is 12.1 Å². The number of amides is 1. The molecular weight excluding hydrogens is 407 g/mol. The summed E-state index contributed by atoms with van der Waals surface area (Å²) in [5.74, 6) is 0.423. The molecule has 0 aliphatic rings. The Balaban J connectivity index is 2.36. The lowest BCUT2D eigenvalue weighted by Crippen LogP contribution is -2.33. The summed E-state index contributed by atoms with van der Waals surface area (Å²) in [6, 6.07) is 5.53. The zero-order valence-corrected chi connectivity index (χ0v) is 17.3. The fraction of sp³-hybridized carbons (Fsp3) is 0.421. The van der Waals surface area contributed by atoms with Crippen molar-refractivity contribution in [3.63, 3.8) is 0 Å². The molecule has 29 heavy (non-hydrogen) atoms. The molecule has 0 aliphatic carbocycles. The average molecular weight is 429 g/mol. The molecule has 0 unspecified atom stereocenters. The van der Waals surface area contributed by atoms with E-state index < -0.39 is 11.9 Å². The van der Waals surface area contributed by atoms with Gasteiger partial charge in [0.2, 0.25) is 5.91 Å². The van der Waals surface area contributed by atoms with E-state index in [2.05, 4.69) is 15.3 Å². The lowest BCUT2D eigenvalue weighted by atomic mass is 10.1. The summed E-state index contributed by atoms with van der Waals surface area (Å²) in [5, 5.41) is 2.62. The summed E-state index contributed by atoms with van der Waals surface area (Å²) >= 11 is 0.848. The molecule has 1 atom stereocenters. The van der Waals surface area contributed by atoms with E-state index in [1.807, 2.05) is 13.8 Å². The Labute approximate surface area is 171 Å². The van der Waals surface area contributed by atoms with Gasteiger partial charge in [-0.1, -0.05) is 18.7 Å². The van der Waals surface area contributed by atoms with Gasteiger partial charge in [0.15, 0.2) is 16.7 Å². The number of methoxy groups -OCH3 is 2. The Morgan fingerprint density at radius 2 is 1.86 bits per heavy atom. The Morgan fingerprint density at radius 3 is 2.45 bits per heavy atom. The molecule has 1 heterocycles. The molecular formula is C19H22F3N3O3S. The number of rotatable bonds is 8. The molecule has 0 spiro atoms. The van der Waals surface area contributed by atoms with Gasteiger partial charge in [-0.3, -0.25) is 4.79 Å². The largest absolute Gasteiger partial charge is 0.493 e. The lowest BCUT2D eigenvalue weighted by Gasteiger charge is -2.13. The number of halogens is 3. The Hall–Kier alpha value is -2.49. The standard InChI is InChI=1S/C19H22F3N3O3S/c1-5-11(2)23-17(26)10-29-18-24-13(9-16(25-18)19(20,21)22)12-6-7-14(27-3)15(8-12)28-4/h6-9,11H,5,10H2,1-4H3,(H,23,26)/t11-/m1/s1. The highest BCUT2D eigenvalue weighted by molar-refractivity contribution is 7.99. The highest BCUT2D eigenvalue weighted by Crippen LogP contribution is 2.35. The maximum atomic E-state index is 13.3. The van der Waals surface area contributed by atoms with Crippen LogP contribution in [0.25, 0.3) is 11.3 Å². The Bertz CT molecular complexity index is 862. The summed E-state index contributed by atoms with van der Waals surface area (Å²) in [6.07, 6.45) is -3.90. The maximum absolute atomic E-state index is 13.3. The van der Waals surface area contributed by atoms with Gasteiger partial charge in [-0.05, 0) is 37.6 Å². The monoisotopic (exact) mass is 429 g/mol. The van der Waals surface area contributed by atoms with Crippen molar-refractivity contribution in [1.29, 1.82) is 0 Å². The second-order valence-electron chi connectivity index (χ2n) is 6.15. The summed E-state index contributed by atoms with van der Waals surface area (Å²) in [4.78, 5) is 19.7. The number of carbonyl (C=O) groups is 1. The molecule has 1 amide bonds. The zero-order valence-electron chi connectivity index (χ0n) is 16.5. The predicted octanol–water partition coefficient (Wildman–Crippen LogP) is 4.19. The first-order valence-electron chi connectivity index (χ1n) is 8.78. The number of carbonyl (C=O) groups excluding carboxylic acids is 1. The molecule has 0 bridgehead atoms. The molecule has 0 saturated heterocycles. The molecule has 158 valence electrons. The molecule has 1 N–H and O–H groups in total. The minimum atomic E-state index is -4.65. The average Bonchev–Trinajstić information content (AvgIpc) is 2.70. The topological polar surface area (TPSA) is 73.3 Å². The zero-order chi connectivity index (χ0) is 21.6. The third kappa shape index (κ3) is 6.25. The number of benzene rings is 1. The number of ether oxygens (including phenoxy) is 2. The molecule has 1 aromatic carbocycles. The van der Waals surface area contributed by atoms with Crippen LogP contribution in [0.2, 0.25) is 0 Å². The summed E-state index contributed by atoms with van der Waals surface area (Å²) in [7, 11) is 2.89. The summed E-state index contributed by atoms with van der Waals surface area (Å²) in [5.41, 5.74) is -0.610. The first-order valence-corrected chi connectivity index (χ1v) is 9.77. The molecule has 6 nitrogen and oxygen atoms in total. The van der Waals surface area contributed by atoms with Crippen LogP contribution < -0.4 is 14.8 Å². The van der Waals surface area contributed by atoms with Gasteiger partial charge in [0.25, 0.3) is 0 Å². The van der Waals surface area contributed by atoms with Crippen molar-refractivity contribution in [2.24, 2.45) is 0 Å². The van der Waals surface area contributed by atoms with Crippen molar-refractivity contribution in [3.05, 3.63) is 30.0 Å².